The minimum absolute atomic E-state index is 0.792. The number of halogens is 1. The summed E-state index contributed by atoms with van der Waals surface area (Å²) in [5, 5.41) is 0.792. The maximum atomic E-state index is 6.10. The van der Waals surface area contributed by atoms with E-state index in [0.717, 1.165) is 44.4 Å². The van der Waals surface area contributed by atoms with Crippen molar-refractivity contribution in [3.63, 3.8) is 0 Å². The summed E-state index contributed by atoms with van der Waals surface area (Å²) >= 11 is 6.10. The summed E-state index contributed by atoms with van der Waals surface area (Å²) in [6.07, 6.45) is 5.13. The number of ether oxygens (including phenoxy) is 1. The molecule has 142 valence electrons. The predicted octanol–water partition coefficient (Wildman–Crippen LogP) is 5.53. The molecule has 0 saturated carbocycles. The van der Waals surface area contributed by atoms with E-state index in [2.05, 4.69) is 41.5 Å². The van der Waals surface area contributed by atoms with Gasteiger partial charge < -0.3 is 9.30 Å². The van der Waals surface area contributed by atoms with Crippen LogP contribution in [0.5, 0.6) is 0 Å². The van der Waals surface area contributed by atoms with Gasteiger partial charge in [-0.2, -0.15) is 0 Å². The minimum Gasteiger partial charge on any atom is -0.379 e. The van der Waals surface area contributed by atoms with Crippen molar-refractivity contribution in [2.45, 2.75) is 52.6 Å². The van der Waals surface area contributed by atoms with Crippen LogP contribution in [-0.4, -0.2) is 35.8 Å². The first-order valence-electron chi connectivity index (χ1n) is 9.94. The van der Waals surface area contributed by atoms with Crippen molar-refractivity contribution in [1.82, 2.24) is 9.47 Å². The molecule has 0 aliphatic carbocycles. The number of benzene rings is 1. The summed E-state index contributed by atoms with van der Waals surface area (Å²) in [5.41, 5.74) is 5.41. The highest BCUT2D eigenvalue weighted by Crippen LogP contribution is 2.28. The Morgan fingerprint density at radius 1 is 1.04 bits per heavy atom. The fourth-order valence-corrected chi connectivity index (χ4v) is 3.83. The van der Waals surface area contributed by atoms with Crippen LogP contribution in [0.4, 0.5) is 0 Å². The van der Waals surface area contributed by atoms with E-state index in [1.165, 1.54) is 48.2 Å². The fraction of sp³-hybridized carbons (Fsp3) is 0.545. The molecule has 3 rings (SSSR count). The van der Waals surface area contributed by atoms with Gasteiger partial charge in [0.1, 0.15) is 0 Å². The molecular weight excluding hydrogens is 344 g/mol. The molecule has 0 spiro atoms. The topological polar surface area (TPSA) is 17.4 Å². The first-order valence-corrected chi connectivity index (χ1v) is 10.3. The number of hydrogen-bond acceptors (Lipinski definition) is 2. The lowest BCUT2D eigenvalue weighted by Gasteiger charge is -2.26. The average molecular weight is 375 g/mol. The van der Waals surface area contributed by atoms with Crippen LogP contribution >= 0.6 is 11.6 Å². The average Bonchev–Trinajstić information content (AvgIpc) is 2.96. The Morgan fingerprint density at radius 2 is 1.77 bits per heavy atom. The third-order valence-corrected chi connectivity index (χ3v) is 5.60. The molecule has 1 fully saturated rings. The van der Waals surface area contributed by atoms with Gasteiger partial charge in [-0.3, -0.25) is 4.90 Å². The van der Waals surface area contributed by atoms with Crippen molar-refractivity contribution >= 4 is 11.6 Å². The van der Waals surface area contributed by atoms with Crippen LogP contribution in [0.3, 0.4) is 0 Å². The molecule has 0 atom stereocenters. The summed E-state index contributed by atoms with van der Waals surface area (Å²) in [5.74, 6) is 0. The van der Waals surface area contributed by atoms with Gasteiger partial charge >= 0.3 is 0 Å². The zero-order chi connectivity index (χ0) is 18.4. The summed E-state index contributed by atoms with van der Waals surface area (Å²) in [7, 11) is 0. The molecule has 1 aliphatic rings. The minimum atomic E-state index is 0.792. The standard InChI is InChI=1S/C22H31ClN2O/c1-3-4-5-6-11-25-18(2)20(17-24-12-14-26-15-13-24)16-22(25)19-7-9-21(23)10-8-19/h7-10,16H,3-6,11-15,17H2,1-2H3. The zero-order valence-corrected chi connectivity index (χ0v) is 16.9. The lowest BCUT2D eigenvalue weighted by Crippen LogP contribution is -2.35. The highest BCUT2D eigenvalue weighted by atomic mass is 35.5. The lowest BCUT2D eigenvalue weighted by molar-refractivity contribution is 0.0341. The summed E-state index contributed by atoms with van der Waals surface area (Å²) in [4.78, 5) is 2.50. The largest absolute Gasteiger partial charge is 0.379 e. The Bertz CT molecular complexity index is 687. The molecule has 1 aromatic heterocycles. The van der Waals surface area contributed by atoms with Gasteiger partial charge in [0.2, 0.25) is 0 Å². The molecule has 0 bridgehead atoms. The monoisotopic (exact) mass is 374 g/mol. The molecule has 26 heavy (non-hydrogen) atoms. The van der Waals surface area contributed by atoms with Crippen LogP contribution < -0.4 is 0 Å². The van der Waals surface area contributed by atoms with Crippen LogP contribution in [0.25, 0.3) is 11.3 Å². The number of aromatic nitrogens is 1. The molecule has 0 N–H and O–H groups in total. The van der Waals surface area contributed by atoms with E-state index in [-0.39, 0.29) is 0 Å². The van der Waals surface area contributed by atoms with E-state index in [4.69, 9.17) is 16.3 Å². The van der Waals surface area contributed by atoms with Crippen LogP contribution in [0.15, 0.2) is 30.3 Å². The second kappa shape index (κ2) is 9.59. The lowest BCUT2D eigenvalue weighted by atomic mass is 10.1. The van der Waals surface area contributed by atoms with E-state index in [9.17, 15) is 0 Å². The third kappa shape index (κ3) is 4.91. The van der Waals surface area contributed by atoms with Gasteiger partial charge in [-0.1, -0.05) is 49.9 Å². The van der Waals surface area contributed by atoms with Gasteiger partial charge in [-0.05, 0) is 42.7 Å². The van der Waals surface area contributed by atoms with Crippen LogP contribution in [0.1, 0.15) is 43.9 Å². The van der Waals surface area contributed by atoms with Gasteiger partial charge in [-0.15, -0.1) is 0 Å². The molecule has 0 amide bonds. The second-order valence-corrected chi connectivity index (χ2v) is 7.68. The van der Waals surface area contributed by atoms with Crippen LogP contribution in [-0.2, 0) is 17.8 Å². The summed E-state index contributed by atoms with van der Waals surface area (Å²) in [6.45, 7) is 10.4. The van der Waals surface area contributed by atoms with Crippen molar-refractivity contribution in [3.8, 4) is 11.3 Å². The highest BCUT2D eigenvalue weighted by Gasteiger charge is 2.17. The molecule has 1 aliphatic heterocycles. The Hall–Kier alpha value is -1.29. The molecule has 1 saturated heterocycles. The molecule has 0 radical (unpaired) electrons. The Labute approximate surface area is 162 Å². The van der Waals surface area contributed by atoms with Gasteiger partial charge in [-0.25, -0.2) is 0 Å². The molecule has 2 heterocycles. The van der Waals surface area contributed by atoms with Crippen molar-refractivity contribution in [2.24, 2.45) is 0 Å². The molecule has 4 heteroatoms. The Kier molecular flexibility index (Phi) is 7.18. The van der Waals surface area contributed by atoms with Gasteiger partial charge in [0.05, 0.1) is 13.2 Å². The quantitative estimate of drug-likeness (QED) is 0.565. The maximum Gasteiger partial charge on any atom is 0.0594 e. The summed E-state index contributed by atoms with van der Waals surface area (Å²) < 4.78 is 8.00. The SMILES string of the molecule is CCCCCCn1c(-c2ccc(Cl)cc2)cc(CN2CCOCC2)c1C. The maximum absolute atomic E-state index is 6.10. The number of nitrogens with zero attached hydrogens (tertiary/aromatic N) is 2. The number of morpholine rings is 1. The predicted molar refractivity (Wildman–Crippen MR) is 110 cm³/mol. The van der Waals surface area contributed by atoms with Crippen molar-refractivity contribution < 1.29 is 4.74 Å². The van der Waals surface area contributed by atoms with Crippen molar-refractivity contribution in [1.29, 1.82) is 0 Å². The number of unbranched alkanes of at least 4 members (excludes halogenated alkanes) is 3. The highest BCUT2D eigenvalue weighted by molar-refractivity contribution is 6.30. The van der Waals surface area contributed by atoms with Gasteiger partial charge in [0.25, 0.3) is 0 Å². The first kappa shape index (κ1) is 19.5. The number of hydrogen-bond donors (Lipinski definition) is 0. The molecule has 2 aromatic rings. The van der Waals surface area contributed by atoms with E-state index in [1.54, 1.807) is 0 Å². The molecular formula is C22H31ClN2O. The van der Waals surface area contributed by atoms with Crippen molar-refractivity contribution in [3.05, 3.63) is 46.6 Å². The first-order chi connectivity index (χ1) is 12.7. The summed E-state index contributed by atoms with van der Waals surface area (Å²) in [6, 6.07) is 10.6. The normalized spacial score (nSPS) is 15.5. The van der Waals surface area contributed by atoms with E-state index in [1.807, 2.05) is 12.1 Å². The Balaban J connectivity index is 1.84. The Morgan fingerprint density at radius 3 is 2.46 bits per heavy atom. The van der Waals surface area contributed by atoms with Gasteiger partial charge in [0, 0.05) is 42.6 Å². The van der Waals surface area contributed by atoms with E-state index >= 15 is 0 Å². The fourth-order valence-electron chi connectivity index (χ4n) is 3.71. The molecule has 1 aromatic carbocycles. The van der Waals surface area contributed by atoms with Crippen LogP contribution in [0.2, 0.25) is 5.02 Å². The number of rotatable bonds is 8. The smallest absolute Gasteiger partial charge is 0.0594 e. The van der Waals surface area contributed by atoms with Crippen LogP contribution in [0, 0.1) is 6.92 Å². The van der Waals surface area contributed by atoms with Crippen molar-refractivity contribution in [2.75, 3.05) is 26.3 Å². The molecule has 0 unspecified atom stereocenters. The van der Waals surface area contributed by atoms with Gasteiger partial charge in [0.15, 0.2) is 0 Å². The third-order valence-electron chi connectivity index (χ3n) is 5.34. The van der Waals surface area contributed by atoms with E-state index in [0.29, 0.717) is 0 Å². The molecule has 3 nitrogen and oxygen atoms in total. The second-order valence-electron chi connectivity index (χ2n) is 7.25. The zero-order valence-electron chi connectivity index (χ0n) is 16.1. The van der Waals surface area contributed by atoms with E-state index < -0.39 is 0 Å².